The standard InChI is InChI=1S/C26H39N3O14S.C3H6.C2H4/c1-4-13(25(41)43-26-21(37)19(35)20(36)22(42-26)12(3)31)5-7-16(11(2)30)44-10-15(23(38)28-9-18(33)34)29-17(32)8-6-14(27)24(39)40;1-2-3-1;1-2/h5,7,11,14-15,19-22,26,30,35-37H,4,6,8-10,27H2,1-3H3,(H,28,38)(H,29,32)(H,33,34)(H,39,40);1-3H2;1-2H2/b13-5+,16-7+;;/t11?,14?,15?,19-,20-,21+,22?,26?;;/m0../s1. The van der Waals surface area contributed by atoms with E-state index in [2.05, 4.69) is 23.8 Å². The van der Waals surface area contributed by atoms with E-state index < -0.39 is 90.9 Å². The normalized spacial score (nSPS) is 23.5. The number of hydrogen-bond donors (Lipinski definition) is 9. The maximum absolute atomic E-state index is 12.8. The van der Waals surface area contributed by atoms with Crippen LogP contribution in [0.3, 0.4) is 0 Å². The van der Waals surface area contributed by atoms with E-state index in [4.69, 9.17) is 25.4 Å². The molecular weight excluding hydrogens is 670 g/mol. The first-order chi connectivity index (χ1) is 23.0. The molecule has 1 saturated carbocycles. The van der Waals surface area contributed by atoms with Crippen molar-refractivity contribution in [3.05, 3.63) is 35.8 Å². The van der Waals surface area contributed by atoms with Gasteiger partial charge in [-0.1, -0.05) is 32.3 Å². The van der Waals surface area contributed by atoms with Gasteiger partial charge in [0, 0.05) is 22.7 Å². The van der Waals surface area contributed by atoms with E-state index in [1.807, 2.05) is 0 Å². The molecule has 0 aromatic rings. The van der Waals surface area contributed by atoms with Crippen LogP contribution in [0.4, 0.5) is 0 Å². The molecule has 2 rings (SSSR count). The highest BCUT2D eigenvalue weighted by Gasteiger charge is 2.47. The van der Waals surface area contributed by atoms with Crippen molar-refractivity contribution in [2.45, 2.75) is 108 Å². The van der Waals surface area contributed by atoms with E-state index in [0.29, 0.717) is 0 Å². The lowest BCUT2D eigenvalue weighted by Gasteiger charge is -2.38. The molecule has 0 radical (unpaired) electrons. The minimum atomic E-state index is -1.86. The molecule has 1 heterocycles. The molecule has 0 bridgehead atoms. The van der Waals surface area contributed by atoms with Gasteiger partial charge in [0.25, 0.3) is 0 Å². The van der Waals surface area contributed by atoms with Gasteiger partial charge in [0.15, 0.2) is 5.78 Å². The Bertz CT molecular complexity index is 1190. The predicted molar refractivity (Wildman–Crippen MR) is 177 cm³/mol. The molecule has 10 N–H and O–H groups in total. The SMILES string of the molecule is C1CC1.C=C.CC/C(=C\C=C(\SCC(NC(=O)CCC(N)C(=O)O)C(=O)NCC(=O)O)C(C)O)C(=O)OC1OC(C(C)=O)[C@@H](O)[C@H](O)[C@H]1O. The molecule has 8 atom stereocenters. The molecule has 1 aliphatic carbocycles. The van der Waals surface area contributed by atoms with Gasteiger partial charge in [-0.05, 0) is 32.8 Å². The lowest BCUT2D eigenvalue weighted by molar-refractivity contribution is -0.280. The lowest BCUT2D eigenvalue weighted by Crippen LogP contribution is -2.60. The number of allylic oxidation sites excluding steroid dienone is 2. The van der Waals surface area contributed by atoms with Gasteiger partial charge < -0.3 is 56.5 Å². The summed E-state index contributed by atoms with van der Waals surface area (Å²) < 4.78 is 10.3. The zero-order chi connectivity index (χ0) is 37.8. The number of hydrogen-bond acceptors (Lipinski definition) is 14. The Hall–Kier alpha value is -3.65. The van der Waals surface area contributed by atoms with E-state index in [0.717, 1.165) is 18.7 Å². The lowest BCUT2D eigenvalue weighted by atomic mass is 9.97. The van der Waals surface area contributed by atoms with Crippen molar-refractivity contribution < 1.29 is 68.9 Å². The van der Waals surface area contributed by atoms with Crippen LogP contribution in [0.25, 0.3) is 0 Å². The molecule has 1 aliphatic heterocycles. The number of carbonyl (C=O) groups is 6. The van der Waals surface area contributed by atoms with E-state index in [-0.39, 0.29) is 35.5 Å². The first-order valence-corrected chi connectivity index (χ1v) is 16.4. The van der Waals surface area contributed by atoms with Gasteiger partial charge in [-0.3, -0.25) is 24.0 Å². The Kier molecular flexibility index (Phi) is 21.9. The molecule has 2 aliphatic rings. The van der Waals surface area contributed by atoms with Crippen LogP contribution in [0.2, 0.25) is 0 Å². The Morgan fingerprint density at radius 1 is 1.02 bits per heavy atom. The summed E-state index contributed by atoms with van der Waals surface area (Å²) in [6.45, 7) is 9.30. The number of aliphatic hydroxyl groups is 4. The van der Waals surface area contributed by atoms with Crippen LogP contribution in [-0.2, 0) is 38.2 Å². The van der Waals surface area contributed by atoms with Crippen molar-refractivity contribution in [3.63, 3.8) is 0 Å². The number of ketones is 1. The molecule has 0 aromatic carbocycles. The number of Topliss-reactive ketones (excluding diaryl/α,β-unsaturated/α-hetero) is 1. The van der Waals surface area contributed by atoms with E-state index in [1.165, 1.54) is 38.3 Å². The largest absolute Gasteiger partial charge is 0.480 e. The fraction of sp³-hybridized carbons (Fsp3) is 0.613. The van der Waals surface area contributed by atoms with Crippen molar-refractivity contribution >= 4 is 47.3 Å². The number of carboxylic acids is 2. The molecule has 2 amide bonds. The summed E-state index contributed by atoms with van der Waals surface area (Å²) in [5.74, 6) is -6.15. The Labute approximate surface area is 288 Å². The van der Waals surface area contributed by atoms with Crippen LogP contribution in [0.5, 0.6) is 0 Å². The minimum absolute atomic E-state index is 0.00152. The average Bonchev–Trinajstić information content (AvgIpc) is 3.94. The molecule has 0 aromatic heterocycles. The number of carbonyl (C=O) groups excluding carboxylic acids is 4. The summed E-state index contributed by atoms with van der Waals surface area (Å²) in [5, 5.41) is 62.6. The van der Waals surface area contributed by atoms with Gasteiger partial charge in [-0.2, -0.15) is 0 Å². The van der Waals surface area contributed by atoms with Gasteiger partial charge in [0.1, 0.15) is 43.0 Å². The van der Waals surface area contributed by atoms with Crippen molar-refractivity contribution in [2.75, 3.05) is 12.3 Å². The molecule has 18 heteroatoms. The van der Waals surface area contributed by atoms with E-state index >= 15 is 0 Å². The summed E-state index contributed by atoms with van der Waals surface area (Å²) in [7, 11) is 0. The van der Waals surface area contributed by atoms with Crippen LogP contribution in [-0.4, -0.2) is 127 Å². The number of carboxylic acid groups (broad SMARTS) is 2. The highest BCUT2D eigenvalue weighted by Crippen LogP contribution is 2.25. The predicted octanol–water partition coefficient (Wildman–Crippen LogP) is -0.889. The van der Waals surface area contributed by atoms with E-state index in [1.54, 1.807) is 6.92 Å². The van der Waals surface area contributed by atoms with Crippen LogP contribution in [0.1, 0.15) is 59.3 Å². The number of ether oxygens (including phenoxy) is 2. The first kappa shape index (κ1) is 45.3. The molecule has 2 fully saturated rings. The smallest absolute Gasteiger partial charge is 0.336 e. The second kappa shape index (κ2) is 23.7. The number of esters is 1. The molecule has 278 valence electrons. The molecular formula is C31H49N3O14S. The minimum Gasteiger partial charge on any atom is -0.480 e. The Morgan fingerprint density at radius 2 is 1.61 bits per heavy atom. The van der Waals surface area contributed by atoms with Crippen LogP contribution >= 0.6 is 11.8 Å². The third kappa shape index (κ3) is 17.5. The summed E-state index contributed by atoms with van der Waals surface area (Å²) >= 11 is 0.885. The highest BCUT2D eigenvalue weighted by molar-refractivity contribution is 8.03. The van der Waals surface area contributed by atoms with Gasteiger partial charge in [-0.15, -0.1) is 24.9 Å². The number of amides is 2. The molecule has 1 saturated heterocycles. The third-order valence-electron chi connectivity index (χ3n) is 6.53. The van der Waals surface area contributed by atoms with Crippen LogP contribution in [0.15, 0.2) is 35.8 Å². The summed E-state index contributed by atoms with van der Waals surface area (Å²) in [6, 6.07) is -2.62. The van der Waals surface area contributed by atoms with E-state index in [9.17, 15) is 49.2 Å². The highest BCUT2D eigenvalue weighted by atomic mass is 32.2. The van der Waals surface area contributed by atoms with Crippen molar-refractivity contribution in [1.82, 2.24) is 10.6 Å². The Balaban J connectivity index is 0.00000427. The number of nitrogens with one attached hydrogen (secondary N) is 2. The second-order valence-corrected chi connectivity index (χ2v) is 11.9. The van der Waals surface area contributed by atoms with Crippen LogP contribution < -0.4 is 16.4 Å². The average molecular weight is 720 g/mol. The fourth-order valence-electron chi connectivity index (χ4n) is 3.61. The number of rotatable bonds is 17. The van der Waals surface area contributed by atoms with Gasteiger partial charge in [0.05, 0.1) is 6.10 Å². The van der Waals surface area contributed by atoms with Gasteiger partial charge >= 0.3 is 17.9 Å². The van der Waals surface area contributed by atoms with Gasteiger partial charge in [0.2, 0.25) is 18.1 Å². The molecule has 0 spiro atoms. The Morgan fingerprint density at radius 3 is 2.08 bits per heavy atom. The maximum atomic E-state index is 12.8. The van der Waals surface area contributed by atoms with Crippen molar-refractivity contribution in [3.8, 4) is 0 Å². The van der Waals surface area contributed by atoms with Gasteiger partial charge in [-0.25, -0.2) is 4.79 Å². The van der Waals surface area contributed by atoms with Crippen molar-refractivity contribution in [2.24, 2.45) is 5.73 Å². The third-order valence-corrected chi connectivity index (χ3v) is 7.84. The van der Waals surface area contributed by atoms with Crippen molar-refractivity contribution in [1.29, 1.82) is 0 Å². The fourth-order valence-corrected chi connectivity index (χ4v) is 4.61. The quantitative estimate of drug-likeness (QED) is 0.0381. The molecule has 17 nitrogen and oxygen atoms in total. The second-order valence-electron chi connectivity index (χ2n) is 10.8. The number of nitrogens with two attached hydrogens (primary N) is 1. The number of aliphatic carboxylic acids is 2. The summed E-state index contributed by atoms with van der Waals surface area (Å²) in [4.78, 5) is 71.4. The maximum Gasteiger partial charge on any atom is 0.336 e. The van der Waals surface area contributed by atoms with Crippen LogP contribution in [0, 0.1) is 0 Å². The topological polar surface area (TPSA) is 292 Å². The number of thioether (sulfide) groups is 1. The molecule has 49 heavy (non-hydrogen) atoms. The number of aliphatic hydroxyl groups excluding tert-OH is 4. The molecule has 5 unspecified atom stereocenters. The monoisotopic (exact) mass is 719 g/mol. The zero-order valence-corrected chi connectivity index (χ0v) is 28.6. The summed E-state index contributed by atoms with van der Waals surface area (Å²) in [6.07, 6.45) is -3.31. The zero-order valence-electron chi connectivity index (χ0n) is 27.8. The first-order valence-electron chi connectivity index (χ1n) is 15.4. The summed E-state index contributed by atoms with van der Waals surface area (Å²) in [5.41, 5.74) is 5.39.